The number of benzene rings is 3. The van der Waals surface area contributed by atoms with Gasteiger partial charge in [-0.1, -0.05) is 55.1 Å². The summed E-state index contributed by atoms with van der Waals surface area (Å²) in [6, 6.07) is 17.8. The van der Waals surface area contributed by atoms with E-state index in [2.05, 4.69) is 29.7 Å². The SMILES string of the molecule is C=C(c1c(C(=O)O)ccc(C)c1N1CCOCC1)c1cccc2ccccc12. The van der Waals surface area contributed by atoms with Crippen molar-refractivity contribution in [2.75, 3.05) is 31.2 Å². The van der Waals surface area contributed by atoms with Crippen molar-refractivity contribution in [1.29, 1.82) is 0 Å². The summed E-state index contributed by atoms with van der Waals surface area (Å²) >= 11 is 0. The van der Waals surface area contributed by atoms with E-state index in [9.17, 15) is 9.90 Å². The van der Waals surface area contributed by atoms with Crippen LogP contribution in [0.5, 0.6) is 0 Å². The molecular formula is C24H23NO3. The Labute approximate surface area is 164 Å². The Kier molecular flexibility index (Phi) is 4.88. The average Bonchev–Trinajstić information content (AvgIpc) is 2.73. The minimum atomic E-state index is -0.939. The maximum absolute atomic E-state index is 12.1. The van der Waals surface area contributed by atoms with Crippen LogP contribution in [0.15, 0.2) is 61.2 Å². The normalized spacial score (nSPS) is 14.2. The van der Waals surface area contributed by atoms with Crippen LogP contribution in [-0.4, -0.2) is 37.4 Å². The molecule has 0 saturated carbocycles. The van der Waals surface area contributed by atoms with Gasteiger partial charge in [0.2, 0.25) is 0 Å². The molecule has 1 aliphatic heterocycles. The van der Waals surface area contributed by atoms with Crippen LogP contribution in [0.25, 0.3) is 16.3 Å². The lowest BCUT2D eigenvalue weighted by molar-refractivity contribution is 0.0696. The summed E-state index contributed by atoms with van der Waals surface area (Å²) in [6.07, 6.45) is 0. The number of aromatic carboxylic acids is 1. The molecule has 1 fully saturated rings. The lowest BCUT2D eigenvalue weighted by Gasteiger charge is -2.33. The van der Waals surface area contributed by atoms with Gasteiger partial charge in [-0.25, -0.2) is 4.79 Å². The second-order valence-corrected chi connectivity index (χ2v) is 7.06. The summed E-state index contributed by atoms with van der Waals surface area (Å²) in [7, 11) is 0. The quantitative estimate of drug-likeness (QED) is 0.717. The molecule has 4 nitrogen and oxygen atoms in total. The predicted octanol–water partition coefficient (Wildman–Crippen LogP) is 4.74. The molecule has 1 N–H and O–H groups in total. The van der Waals surface area contributed by atoms with E-state index in [1.807, 2.05) is 37.3 Å². The topological polar surface area (TPSA) is 49.8 Å². The van der Waals surface area contributed by atoms with E-state index >= 15 is 0 Å². The Morgan fingerprint density at radius 1 is 1.00 bits per heavy atom. The summed E-state index contributed by atoms with van der Waals surface area (Å²) < 4.78 is 5.50. The number of ether oxygens (including phenoxy) is 1. The highest BCUT2D eigenvalue weighted by Gasteiger charge is 2.25. The average molecular weight is 373 g/mol. The second-order valence-electron chi connectivity index (χ2n) is 7.06. The zero-order valence-electron chi connectivity index (χ0n) is 15.9. The molecule has 3 aromatic rings. The number of morpholine rings is 1. The third-order valence-electron chi connectivity index (χ3n) is 5.35. The Hall–Kier alpha value is -3.11. The Morgan fingerprint density at radius 3 is 2.46 bits per heavy atom. The van der Waals surface area contributed by atoms with Crippen LogP contribution in [0, 0.1) is 6.92 Å². The molecule has 0 radical (unpaired) electrons. The number of fused-ring (bicyclic) bond motifs is 1. The van der Waals surface area contributed by atoms with Crippen molar-refractivity contribution in [3.63, 3.8) is 0 Å². The molecule has 1 heterocycles. The molecule has 0 amide bonds. The fourth-order valence-corrected chi connectivity index (χ4v) is 4.00. The monoisotopic (exact) mass is 373 g/mol. The lowest BCUT2D eigenvalue weighted by atomic mass is 9.88. The van der Waals surface area contributed by atoms with Crippen LogP contribution in [0.2, 0.25) is 0 Å². The molecule has 1 saturated heterocycles. The number of hydrogen-bond acceptors (Lipinski definition) is 3. The highest BCUT2D eigenvalue weighted by atomic mass is 16.5. The fourth-order valence-electron chi connectivity index (χ4n) is 4.00. The summed E-state index contributed by atoms with van der Waals surface area (Å²) in [5.74, 6) is -0.939. The number of carboxylic acid groups (broad SMARTS) is 1. The first-order valence-electron chi connectivity index (χ1n) is 9.45. The highest BCUT2D eigenvalue weighted by molar-refractivity contribution is 6.05. The van der Waals surface area contributed by atoms with Gasteiger partial charge in [-0.3, -0.25) is 0 Å². The van der Waals surface area contributed by atoms with Crippen LogP contribution in [0.1, 0.15) is 27.0 Å². The second kappa shape index (κ2) is 7.49. The van der Waals surface area contributed by atoms with Gasteiger partial charge in [-0.2, -0.15) is 0 Å². The molecule has 1 aliphatic rings. The molecule has 4 rings (SSSR count). The molecule has 0 aromatic heterocycles. The van der Waals surface area contributed by atoms with Crippen molar-refractivity contribution in [3.05, 3.63) is 83.4 Å². The summed E-state index contributed by atoms with van der Waals surface area (Å²) in [6.45, 7) is 9.13. The first kappa shape index (κ1) is 18.3. The Bertz CT molecular complexity index is 1060. The van der Waals surface area contributed by atoms with Crippen LogP contribution in [0.3, 0.4) is 0 Å². The third-order valence-corrected chi connectivity index (χ3v) is 5.35. The van der Waals surface area contributed by atoms with Gasteiger partial charge in [0.1, 0.15) is 0 Å². The molecule has 28 heavy (non-hydrogen) atoms. The number of rotatable bonds is 4. The van der Waals surface area contributed by atoms with Crippen molar-refractivity contribution in [2.45, 2.75) is 6.92 Å². The minimum Gasteiger partial charge on any atom is -0.478 e. The first-order chi connectivity index (χ1) is 13.6. The molecule has 0 aliphatic carbocycles. The van der Waals surface area contributed by atoms with Gasteiger partial charge in [0.25, 0.3) is 0 Å². The summed E-state index contributed by atoms with van der Waals surface area (Å²) in [5, 5.41) is 12.1. The number of carboxylic acids is 1. The van der Waals surface area contributed by atoms with Crippen LogP contribution in [0.4, 0.5) is 5.69 Å². The van der Waals surface area contributed by atoms with Gasteiger partial charge in [-0.05, 0) is 40.5 Å². The van der Waals surface area contributed by atoms with E-state index in [1.54, 1.807) is 6.07 Å². The maximum atomic E-state index is 12.1. The number of aryl methyl sites for hydroxylation is 1. The largest absolute Gasteiger partial charge is 0.478 e. The highest BCUT2D eigenvalue weighted by Crippen LogP contribution is 2.38. The van der Waals surface area contributed by atoms with E-state index in [4.69, 9.17) is 4.74 Å². The van der Waals surface area contributed by atoms with Gasteiger partial charge in [-0.15, -0.1) is 0 Å². The van der Waals surface area contributed by atoms with Crippen molar-refractivity contribution in [2.24, 2.45) is 0 Å². The van der Waals surface area contributed by atoms with E-state index in [1.165, 1.54) is 0 Å². The summed E-state index contributed by atoms with van der Waals surface area (Å²) in [4.78, 5) is 14.3. The fraction of sp³-hybridized carbons (Fsp3) is 0.208. The third kappa shape index (κ3) is 3.16. The maximum Gasteiger partial charge on any atom is 0.336 e. The van der Waals surface area contributed by atoms with Gasteiger partial charge in [0, 0.05) is 24.3 Å². The number of carbonyl (C=O) groups is 1. The van der Waals surface area contributed by atoms with Crippen LogP contribution >= 0.6 is 0 Å². The van der Waals surface area contributed by atoms with Crippen molar-refractivity contribution < 1.29 is 14.6 Å². The molecule has 3 aromatic carbocycles. The zero-order chi connectivity index (χ0) is 19.7. The standard InChI is InChI=1S/C24H23NO3/c1-16-10-11-21(24(26)27)22(23(16)25-12-14-28-15-13-25)17(2)19-9-5-7-18-6-3-4-8-20(18)19/h3-11H,2,12-15H2,1H3,(H,26,27). The smallest absolute Gasteiger partial charge is 0.336 e. The Morgan fingerprint density at radius 2 is 1.71 bits per heavy atom. The molecule has 4 heteroatoms. The molecule has 0 unspecified atom stereocenters. The van der Waals surface area contributed by atoms with Gasteiger partial charge < -0.3 is 14.7 Å². The van der Waals surface area contributed by atoms with Gasteiger partial charge in [0.05, 0.1) is 18.8 Å². The van der Waals surface area contributed by atoms with Gasteiger partial charge in [0.15, 0.2) is 0 Å². The van der Waals surface area contributed by atoms with Crippen molar-refractivity contribution in [1.82, 2.24) is 0 Å². The van der Waals surface area contributed by atoms with Crippen LogP contribution < -0.4 is 4.90 Å². The van der Waals surface area contributed by atoms with E-state index in [0.29, 0.717) is 18.8 Å². The van der Waals surface area contributed by atoms with Crippen molar-refractivity contribution in [3.8, 4) is 0 Å². The Balaban J connectivity index is 1.95. The molecule has 0 bridgehead atoms. The predicted molar refractivity (Wildman–Crippen MR) is 113 cm³/mol. The molecule has 0 spiro atoms. The zero-order valence-corrected chi connectivity index (χ0v) is 15.9. The summed E-state index contributed by atoms with van der Waals surface area (Å²) in [5.41, 5.74) is 4.67. The lowest BCUT2D eigenvalue weighted by Crippen LogP contribution is -2.37. The minimum absolute atomic E-state index is 0.282. The number of nitrogens with zero attached hydrogens (tertiary/aromatic N) is 1. The molecule has 0 atom stereocenters. The van der Waals surface area contributed by atoms with Crippen molar-refractivity contribution >= 4 is 28.0 Å². The first-order valence-corrected chi connectivity index (χ1v) is 9.45. The van der Waals surface area contributed by atoms with E-state index in [0.717, 1.165) is 46.2 Å². The number of anilines is 1. The van der Waals surface area contributed by atoms with E-state index in [-0.39, 0.29) is 5.56 Å². The number of hydrogen-bond donors (Lipinski definition) is 1. The van der Waals surface area contributed by atoms with Crippen LogP contribution in [-0.2, 0) is 4.74 Å². The molecule has 142 valence electrons. The molecular weight excluding hydrogens is 350 g/mol. The van der Waals surface area contributed by atoms with Gasteiger partial charge >= 0.3 is 5.97 Å². The van der Waals surface area contributed by atoms with E-state index < -0.39 is 5.97 Å².